The highest BCUT2D eigenvalue weighted by molar-refractivity contribution is 5.95. The van der Waals surface area contributed by atoms with Crippen molar-refractivity contribution in [3.8, 4) is 0 Å². The number of fused-ring (bicyclic) bond motifs is 1. The summed E-state index contributed by atoms with van der Waals surface area (Å²) in [7, 11) is 0. The summed E-state index contributed by atoms with van der Waals surface area (Å²) in [6.45, 7) is 11.9. The molecule has 0 aromatic heterocycles. The first-order valence-electron chi connectivity index (χ1n) is 6.84. The highest BCUT2D eigenvalue weighted by Gasteiger charge is 2.03. The first-order valence-corrected chi connectivity index (χ1v) is 6.84. The van der Waals surface area contributed by atoms with Gasteiger partial charge in [-0.1, -0.05) is 72.8 Å². The number of rotatable bonds is 6. The number of hydrogen-bond acceptors (Lipinski definition) is 0. The molecular weight excluding hydrogens is 240 g/mol. The summed E-state index contributed by atoms with van der Waals surface area (Å²) in [4.78, 5) is 0. The van der Waals surface area contributed by atoms with Crippen LogP contribution in [0.2, 0.25) is 0 Å². The Morgan fingerprint density at radius 2 is 1.55 bits per heavy atom. The predicted molar refractivity (Wildman–Crippen MR) is 90.7 cm³/mol. The summed E-state index contributed by atoms with van der Waals surface area (Å²) >= 11 is 0. The first-order chi connectivity index (χ1) is 9.76. The van der Waals surface area contributed by atoms with Gasteiger partial charge in [0.25, 0.3) is 0 Å². The molecule has 0 nitrogen and oxygen atoms in total. The largest absolute Gasteiger partial charge is 0.103 e. The van der Waals surface area contributed by atoms with Crippen LogP contribution in [-0.4, -0.2) is 0 Å². The van der Waals surface area contributed by atoms with Crippen molar-refractivity contribution in [1.82, 2.24) is 0 Å². The van der Waals surface area contributed by atoms with Crippen molar-refractivity contribution in [2.24, 2.45) is 0 Å². The van der Waals surface area contributed by atoms with E-state index in [1.54, 1.807) is 0 Å². The van der Waals surface area contributed by atoms with Gasteiger partial charge in [-0.05, 0) is 34.8 Å². The molecule has 100 valence electrons. The Morgan fingerprint density at radius 1 is 0.900 bits per heavy atom. The molecule has 0 saturated carbocycles. The minimum absolute atomic E-state index is 0.871. The summed E-state index contributed by atoms with van der Waals surface area (Å²) in [6.07, 6.45) is 7.74. The first kappa shape index (κ1) is 14.1. The van der Waals surface area contributed by atoms with Crippen molar-refractivity contribution in [2.45, 2.75) is 12.8 Å². The van der Waals surface area contributed by atoms with E-state index >= 15 is 0 Å². The molecule has 2 aromatic rings. The third-order valence-electron chi connectivity index (χ3n) is 3.33. The van der Waals surface area contributed by atoms with Gasteiger partial charge in [0, 0.05) is 0 Å². The Kier molecular flexibility index (Phi) is 4.73. The van der Waals surface area contributed by atoms with Gasteiger partial charge >= 0.3 is 0 Å². The van der Waals surface area contributed by atoms with Gasteiger partial charge < -0.3 is 0 Å². The smallest absolute Gasteiger partial charge is 0.0106 e. The fourth-order valence-electron chi connectivity index (χ4n) is 2.40. The molecule has 0 aliphatic heterocycles. The predicted octanol–water partition coefficient (Wildman–Crippen LogP) is 5.93. The van der Waals surface area contributed by atoms with Crippen LogP contribution in [0.15, 0.2) is 86.0 Å². The lowest BCUT2D eigenvalue weighted by Crippen LogP contribution is -1.86. The van der Waals surface area contributed by atoms with E-state index in [9.17, 15) is 0 Å². The Morgan fingerprint density at radius 3 is 2.25 bits per heavy atom. The molecule has 0 aliphatic rings. The van der Waals surface area contributed by atoms with E-state index < -0.39 is 0 Å². The third-order valence-corrected chi connectivity index (χ3v) is 3.33. The van der Waals surface area contributed by atoms with Crippen LogP contribution in [0.3, 0.4) is 0 Å². The summed E-state index contributed by atoms with van der Waals surface area (Å²) < 4.78 is 0. The second-order valence-electron chi connectivity index (χ2n) is 4.84. The average Bonchev–Trinajstić information content (AvgIpc) is 2.47. The maximum atomic E-state index is 4.23. The van der Waals surface area contributed by atoms with Crippen molar-refractivity contribution in [3.05, 3.63) is 91.6 Å². The van der Waals surface area contributed by atoms with Gasteiger partial charge in [-0.25, -0.2) is 0 Å². The lowest BCUT2D eigenvalue weighted by molar-refractivity contribution is 1.12. The van der Waals surface area contributed by atoms with E-state index in [2.05, 4.69) is 68.3 Å². The molecule has 0 fully saturated rings. The zero-order valence-electron chi connectivity index (χ0n) is 11.8. The molecule has 2 aromatic carbocycles. The van der Waals surface area contributed by atoms with Crippen LogP contribution in [0, 0.1) is 0 Å². The van der Waals surface area contributed by atoms with Crippen LogP contribution in [0.4, 0.5) is 0 Å². The molecule has 0 bridgehead atoms. The average molecular weight is 260 g/mol. The summed E-state index contributed by atoms with van der Waals surface area (Å²) in [5, 5.41) is 2.49. The standard InChI is InChI=1S/C20H20/c1-4-9-17(10-5-2)15-16(3)19-14-8-12-18-11-6-7-13-20(18)19/h4-8,11-15H,1-3,9-10H2. The van der Waals surface area contributed by atoms with Crippen LogP contribution in [0.1, 0.15) is 18.4 Å². The normalized spacial score (nSPS) is 10.0. The van der Waals surface area contributed by atoms with Gasteiger partial charge in [0.15, 0.2) is 0 Å². The van der Waals surface area contributed by atoms with Crippen LogP contribution in [-0.2, 0) is 0 Å². The van der Waals surface area contributed by atoms with Crippen LogP contribution in [0.5, 0.6) is 0 Å². The fourth-order valence-corrected chi connectivity index (χ4v) is 2.40. The Bertz CT molecular complexity index is 654. The molecule has 2 rings (SSSR count). The van der Waals surface area contributed by atoms with Crippen LogP contribution >= 0.6 is 0 Å². The summed E-state index contributed by atoms with van der Waals surface area (Å²) in [6, 6.07) is 14.7. The number of allylic oxidation sites excluding steroid dienone is 5. The van der Waals surface area contributed by atoms with Crippen molar-refractivity contribution < 1.29 is 0 Å². The lowest BCUT2D eigenvalue weighted by atomic mass is 9.96. The van der Waals surface area contributed by atoms with Gasteiger partial charge in [-0.2, -0.15) is 0 Å². The third kappa shape index (κ3) is 3.16. The SMILES string of the molecule is C=CCC(=CC(=C)c1cccc2ccccc12)CC=C. The molecule has 20 heavy (non-hydrogen) atoms. The molecule has 0 radical (unpaired) electrons. The van der Waals surface area contributed by atoms with Gasteiger partial charge in [-0.15, -0.1) is 13.2 Å². The Hall–Kier alpha value is -2.34. The molecule has 0 aliphatic carbocycles. The van der Waals surface area contributed by atoms with Gasteiger partial charge in [-0.3, -0.25) is 0 Å². The molecule has 0 atom stereocenters. The molecule has 0 spiro atoms. The molecule has 0 amide bonds. The molecule has 0 saturated heterocycles. The lowest BCUT2D eigenvalue weighted by Gasteiger charge is -2.08. The fraction of sp³-hybridized carbons (Fsp3) is 0.100. The van der Waals surface area contributed by atoms with Crippen LogP contribution in [0.25, 0.3) is 16.3 Å². The topological polar surface area (TPSA) is 0 Å². The van der Waals surface area contributed by atoms with E-state index in [1.165, 1.54) is 21.9 Å². The van der Waals surface area contributed by atoms with Gasteiger partial charge in [0.1, 0.15) is 0 Å². The van der Waals surface area contributed by atoms with Crippen molar-refractivity contribution in [3.63, 3.8) is 0 Å². The monoisotopic (exact) mass is 260 g/mol. The molecule has 0 heteroatoms. The Labute approximate surface area is 121 Å². The van der Waals surface area contributed by atoms with E-state index in [4.69, 9.17) is 0 Å². The minimum atomic E-state index is 0.871. The van der Waals surface area contributed by atoms with E-state index in [0.717, 1.165) is 18.4 Å². The van der Waals surface area contributed by atoms with E-state index in [-0.39, 0.29) is 0 Å². The highest BCUT2D eigenvalue weighted by Crippen LogP contribution is 2.26. The zero-order chi connectivity index (χ0) is 14.4. The number of benzene rings is 2. The van der Waals surface area contributed by atoms with Crippen molar-refractivity contribution in [2.75, 3.05) is 0 Å². The maximum Gasteiger partial charge on any atom is -0.0106 e. The van der Waals surface area contributed by atoms with Crippen LogP contribution < -0.4 is 0 Å². The van der Waals surface area contributed by atoms with E-state index in [1.807, 2.05) is 12.2 Å². The van der Waals surface area contributed by atoms with Crippen molar-refractivity contribution in [1.29, 1.82) is 0 Å². The second kappa shape index (κ2) is 6.72. The van der Waals surface area contributed by atoms with Gasteiger partial charge in [0.2, 0.25) is 0 Å². The summed E-state index contributed by atoms with van der Waals surface area (Å²) in [5.41, 5.74) is 3.52. The quantitative estimate of drug-likeness (QED) is 0.446. The molecule has 0 unspecified atom stereocenters. The highest BCUT2D eigenvalue weighted by atomic mass is 14.1. The zero-order valence-corrected chi connectivity index (χ0v) is 11.8. The molecular formula is C20H20. The van der Waals surface area contributed by atoms with Crippen molar-refractivity contribution >= 4 is 16.3 Å². The maximum absolute atomic E-state index is 4.23. The van der Waals surface area contributed by atoms with E-state index in [0.29, 0.717) is 0 Å². The second-order valence-corrected chi connectivity index (χ2v) is 4.84. The molecule has 0 heterocycles. The number of hydrogen-bond donors (Lipinski definition) is 0. The summed E-state index contributed by atoms with van der Waals surface area (Å²) in [5.74, 6) is 0. The minimum Gasteiger partial charge on any atom is -0.103 e. The Balaban J connectivity index is 2.42. The molecule has 0 N–H and O–H groups in total. The van der Waals surface area contributed by atoms with Gasteiger partial charge in [0.05, 0.1) is 0 Å².